The van der Waals surface area contributed by atoms with Crippen molar-refractivity contribution in [2.24, 2.45) is 0 Å². The second kappa shape index (κ2) is 5.11. The van der Waals surface area contributed by atoms with E-state index in [-0.39, 0.29) is 11.6 Å². The number of nitrogen functional groups attached to an aromatic ring is 1. The van der Waals surface area contributed by atoms with Gasteiger partial charge in [0.25, 0.3) is 0 Å². The average Bonchev–Trinajstić information content (AvgIpc) is 2.87. The smallest absolute Gasteiger partial charge is 0.368 e. The monoisotopic (exact) mass is 312 g/mol. The van der Waals surface area contributed by atoms with Crippen molar-refractivity contribution >= 4 is 17.5 Å². The molecule has 0 unspecified atom stereocenters. The summed E-state index contributed by atoms with van der Waals surface area (Å²) in [6.07, 6.45) is -2.38. The predicted molar refractivity (Wildman–Crippen MR) is 73.2 cm³/mol. The van der Waals surface area contributed by atoms with Gasteiger partial charge in [0.05, 0.1) is 11.3 Å². The van der Waals surface area contributed by atoms with Crippen molar-refractivity contribution in [3.63, 3.8) is 0 Å². The van der Waals surface area contributed by atoms with Crippen LogP contribution in [0.1, 0.15) is 23.2 Å². The number of hydrogen-bond donors (Lipinski definition) is 2. The molecule has 0 atom stereocenters. The molecule has 2 aromatic rings. The van der Waals surface area contributed by atoms with E-state index in [1.165, 1.54) is 6.07 Å². The van der Waals surface area contributed by atoms with Crippen LogP contribution in [0.2, 0.25) is 0 Å². The topological polar surface area (TPSA) is 63.8 Å². The molecule has 0 aliphatic heterocycles. The first-order valence-corrected chi connectivity index (χ1v) is 6.63. The van der Waals surface area contributed by atoms with E-state index in [1.807, 2.05) is 0 Å². The summed E-state index contributed by atoms with van der Waals surface area (Å²) in [5.41, 5.74) is 6.02. The minimum Gasteiger partial charge on any atom is -0.368 e. The van der Waals surface area contributed by atoms with Crippen LogP contribution in [-0.2, 0) is 19.0 Å². The average molecular weight is 312 g/mol. The highest BCUT2D eigenvalue weighted by Crippen LogP contribution is 2.34. The van der Waals surface area contributed by atoms with Crippen molar-refractivity contribution in [1.29, 1.82) is 0 Å². The molecule has 1 aromatic heterocycles. The summed E-state index contributed by atoms with van der Waals surface area (Å²) in [6.45, 7) is 0. The van der Waals surface area contributed by atoms with Gasteiger partial charge in [0.15, 0.2) is 0 Å². The minimum atomic E-state index is -4.76. The summed E-state index contributed by atoms with van der Waals surface area (Å²) in [6, 6.07) is 2.72. The van der Waals surface area contributed by atoms with Gasteiger partial charge < -0.3 is 11.1 Å². The second-order valence-electron chi connectivity index (χ2n) is 5.03. The van der Waals surface area contributed by atoms with E-state index in [0.29, 0.717) is 5.82 Å². The predicted octanol–water partition coefficient (Wildman–Crippen LogP) is 3.45. The summed E-state index contributed by atoms with van der Waals surface area (Å²) < 4.78 is 51.5. The fraction of sp³-hybridized carbons (Fsp3) is 0.286. The zero-order valence-electron chi connectivity index (χ0n) is 11.3. The number of alkyl halides is 3. The molecule has 0 saturated heterocycles. The number of hydrogen-bond acceptors (Lipinski definition) is 4. The molecule has 8 heteroatoms. The Labute approximate surface area is 123 Å². The Morgan fingerprint density at radius 2 is 1.91 bits per heavy atom. The van der Waals surface area contributed by atoms with Crippen LogP contribution in [0, 0.1) is 5.82 Å². The summed E-state index contributed by atoms with van der Waals surface area (Å²) in [7, 11) is 0. The van der Waals surface area contributed by atoms with Crippen LogP contribution in [0.25, 0.3) is 0 Å². The molecule has 4 nitrogen and oxygen atoms in total. The molecule has 1 aliphatic carbocycles. The molecule has 1 heterocycles. The van der Waals surface area contributed by atoms with E-state index in [0.717, 1.165) is 42.7 Å². The van der Waals surface area contributed by atoms with Crippen molar-refractivity contribution in [2.45, 2.75) is 25.4 Å². The van der Waals surface area contributed by atoms with E-state index in [1.54, 1.807) is 0 Å². The normalized spacial score (nSPS) is 14.0. The van der Waals surface area contributed by atoms with Crippen molar-refractivity contribution in [3.8, 4) is 0 Å². The number of nitrogens with one attached hydrogen (secondary N) is 1. The van der Waals surface area contributed by atoms with Gasteiger partial charge in [-0.3, -0.25) is 0 Å². The molecule has 0 saturated carbocycles. The maximum absolute atomic E-state index is 13.3. The number of nitrogens with two attached hydrogens (primary N) is 1. The summed E-state index contributed by atoms with van der Waals surface area (Å²) in [5, 5.41) is 2.79. The van der Waals surface area contributed by atoms with Gasteiger partial charge in [0.2, 0.25) is 5.95 Å². The summed E-state index contributed by atoms with van der Waals surface area (Å²) in [5.74, 6) is -0.883. The highest BCUT2D eigenvalue weighted by molar-refractivity contribution is 5.63. The molecule has 0 spiro atoms. The molecule has 0 bridgehead atoms. The van der Waals surface area contributed by atoms with Crippen LogP contribution >= 0.6 is 0 Å². The molecular weight excluding hydrogens is 300 g/mol. The molecule has 116 valence electrons. The van der Waals surface area contributed by atoms with E-state index in [4.69, 9.17) is 5.73 Å². The SMILES string of the molecule is Nc1nc2c(c(Nc3ccc(F)c(C(F)(F)F)c3)n1)CCC2. The first-order valence-electron chi connectivity index (χ1n) is 6.63. The maximum Gasteiger partial charge on any atom is 0.419 e. The Hall–Kier alpha value is -2.38. The quantitative estimate of drug-likeness (QED) is 0.834. The van der Waals surface area contributed by atoms with Gasteiger partial charge in [0.1, 0.15) is 11.6 Å². The largest absolute Gasteiger partial charge is 0.419 e. The van der Waals surface area contributed by atoms with Crippen molar-refractivity contribution in [1.82, 2.24) is 9.97 Å². The summed E-state index contributed by atoms with van der Waals surface area (Å²) >= 11 is 0. The third-order valence-corrected chi connectivity index (χ3v) is 3.48. The molecular formula is C14H12F4N4. The molecule has 3 N–H and O–H groups in total. The van der Waals surface area contributed by atoms with Crippen LogP contribution in [0.15, 0.2) is 18.2 Å². The lowest BCUT2D eigenvalue weighted by atomic mass is 10.1. The molecule has 0 radical (unpaired) electrons. The van der Waals surface area contributed by atoms with Gasteiger partial charge in [0, 0.05) is 11.3 Å². The van der Waals surface area contributed by atoms with Crippen molar-refractivity contribution in [3.05, 3.63) is 40.8 Å². The molecule has 22 heavy (non-hydrogen) atoms. The first-order chi connectivity index (χ1) is 10.3. The molecule has 3 rings (SSSR count). The Kier molecular flexibility index (Phi) is 3.38. The van der Waals surface area contributed by atoms with Crippen LogP contribution in [0.5, 0.6) is 0 Å². The van der Waals surface area contributed by atoms with Gasteiger partial charge in [-0.1, -0.05) is 0 Å². The van der Waals surface area contributed by atoms with Crippen molar-refractivity contribution < 1.29 is 17.6 Å². The fourth-order valence-corrected chi connectivity index (χ4v) is 2.51. The van der Waals surface area contributed by atoms with E-state index < -0.39 is 17.6 Å². The van der Waals surface area contributed by atoms with Gasteiger partial charge in [-0.2, -0.15) is 18.2 Å². The molecule has 1 aliphatic rings. The maximum atomic E-state index is 13.3. The number of aryl methyl sites for hydroxylation is 1. The van der Waals surface area contributed by atoms with Crippen LogP contribution in [0.3, 0.4) is 0 Å². The Morgan fingerprint density at radius 1 is 1.14 bits per heavy atom. The van der Waals surface area contributed by atoms with E-state index >= 15 is 0 Å². The number of fused-ring (bicyclic) bond motifs is 1. The number of rotatable bonds is 2. The number of benzene rings is 1. The lowest BCUT2D eigenvalue weighted by molar-refractivity contribution is -0.139. The van der Waals surface area contributed by atoms with Crippen LogP contribution in [0.4, 0.5) is 35.0 Å². The zero-order chi connectivity index (χ0) is 15.9. The number of aromatic nitrogens is 2. The number of anilines is 3. The van der Waals surface area contributed by atoms with E-state index in [2.05, 4.69) is 15.3 Å². The van der Waals surface area contributed by atoms with Gasteiger partial charge in [-0.25, -0.2) is 9.37 Å². The molecule has 0 amide bonds. The Bertz CT molecular complexity index is 728. The molecule has 1 aromatic carbocycles. The summed E-state index contributed by atoms with van der Waals surface area (Å²) in [4.78, 5) is 8.15. The highest BCUT2D eigenvalue weighted by Gasteiger charge is 2.34. The first kappa shape index (κ1) is 14.6. The van der Waals surface area contributed by atoms with Crippen LogP contribution < -0.4 is 11.1 Å². The van der Waals surface area contributed by atoms with Gasteiger partial charge >= 0.3 is 6.18 Å². The Balaban J connectivity index is 1.98. The van der Waals surface area contributed by atoms with Crippen LogP contribution in [-0.4, -0.2) is 9.97 Å². The lowest BCUT2D eigenvalue weighted by Gasteiger charge is -2.13. The third-order valence-electron chi connectivity index (χ3n) is 3.48. The lowest BCUT2D eigenvalue weighted by Crippen LogP contribution is -2.10. The standard InChI is InChI=1S/C14H12F4N4/c15-10-5-4-7(6-9(10)14(16,17)18)20-12-8-2-1-3-11(8)21-13(19)22-12/h4-6H,1-3H2,(H3,19,20,21,22). The fourth-order valence-electron chi connectivity index (χ4n) is 2.51. The number of nitrogens with zero attached hydrogens (tertiary/aromatic N) is 2. The van der Waals surface area contributed by atoms with Gasteiger partial charge in [-0.05, 0) is 37.5 Å². The minimum absolute atomic E-state index is 0.0568. The highest BCUT2D eigenvalue weighted by atomic mass is 19.4. The van der Waals surface area contributed by atoms with E-state index in [9.17, 15) is 17.6 Å². The third kappa shape index (κ3) is 2.68. The Morgan fingerprint density at radius 3 is 2.64 bits per heavy atom. The van der Waals surface area contributed by atoms with Gasteiger partial charge in [-0.15, -0.1) is 0 Å². The number of halogens is 4. The second-order valence-corrected chi connectivity index (χ2v) is 5.03. The van der Waals surface area contributed by atoms with Crippen molar-refractivity contribution in [2.75, 3.05) is 11.1 Å². The molecule has 0 fully saturated rings. The zero-order valence-corrected chi connectivity index (χ0v) is 11.3.